The lowest BCUT2D eigenvalue weighted by Crippen LogP contribution is -2.28. The monoisotopic (exact) mass is 328 g/mol. The number of nitro benzene ring substituents is 1. The van der Waals surface area contributed by atoms with Crippen molar-refractivity contribution in [3.8, 4) is 5.75 Å². The molecule has 6 heteroatoms. The molecular weight excluding hydrogens is 312 g/mol. The molecule has 1 heterocycles. The van der Waals surface area contributed by atoms with E-state index in [1.807, 2.05) is 0 Å². The number of nitrogens with one attached hydrogen (secondary N) is 1. The van der Waals surface area contributed by atoms with Crippen molar-refractivity contribution in [2.75, 3.05) is 19.7 Å². The van der Waals surface area contributed by atoms with E-state index < -0.39 is 4.92 Å². The molecule has 0 unspecified atom stereocenters. The first-order valence-corrected chi connectivity index (χ1v) is 7.24. The number of ether oxygens (including phenoxy) is 1. The van der Waals surface area contributed by atoms with Gasteiger partial charge in [-0.2, -0.15) is 0 Å². The maximum absolute atomic E-state index is 10.9. The van der Waals surface area contributed by atoms with Crippen LogP contribution in [0.25, 0.3) is 0 Å². The van der Waals surface area contributed by atoms with E-state index in [9.17, 15) is 10.1 Å². The summed E-state index contributed by atoms with van der Waals surface area (Å²) in [6.07, 6.45) is 3.25. The molecule has 1 aromatic rings. The Bertz CT molecular complexity index is 448. The van der Waals surface area contributed by atoms with Crippen LogP contribution in [0.1, 0.15) is 19.3 Å². The van der Waals surface area contributed by atoms with Gasteiger partial charge < -0.3 is 10.1 Å². The Hall–Kier alpha value is -1.14. The molecule has 2 rings (SSSR count). The summed E-state index contributed by atoms with van der Waals surface area (Å²) < 4.78 is 6.25. The first-order valence-electron chi connectivity index (χ1n) is 6.45. The van der Waals surface area contributed by atoms with Crippen LogP contribution in [0.5, 0.6) is 5.75 Å². The van der Waals surface area contributed by atoms with Crippen molar-refractivity contribution >= 4 is 21.6 Å². The topological polar surface area (TPSA) is 64.4 Å². The Morgan fingerprint density at radius 1 is 1.42 bits per heavy atom. The van der Waals surface area contributed by atoms with E-state index >= 15 is 0 Å². The average Bonchev–Trinajstić information content (AvgIpc) is 2.41. The highest BCUT2D eigenvalue weighted by Crippen LogP contribution is 2.35. The quantitative estimate of drug-likeness (QED) is 0.666. The molecule has 1 saturated heterocycles. The number of piperidine rings is 1. The zero-order valence-corrected chi connectivity index (χ0v) is 12.2. The van der Waals surface area contributed by atoms with Crippen LogP contribution in [0.4, 0.5) is 5.69 Å². The van der Waals surface area contributed by atoms with Crippen molar-refractivity contribution in [2.45, 2.75) is 19.3 Å². The minimum atomic E-state index is -0.412. The molecule has 0 atom stereocenters. The van der Waals surface area contributed by atoms with E-state index in [1.165, 1.54) is 6.07 Å². The van der Waals surface area contributed by atoms with E-state index in [4.69, 9.17) is 4.74 Å². The van der Waals surface area contributed by atoms with E-state index in [1.54, 1.807) is 12.1 Å². The first-order chi connectivity index (χ1) is 9.18. The normalized spacial score (nSPS) is 16.3. The standard InChI is InChI=1S/C13H17BrN2O3/c14-11-2-1-3-12(16(17)18)13(11)19-9-6-10-4-7-15-8-5-10/h1-3,10,15H,4-9H2. The van der Waals surface area contributed by atoms with Crippen LogP contribution in [-0.4, -0.2) is 24.6 Å². The summed E-state index contributed by atoms with van der Waals surface area (Å²) in [5.41, 5.74) is 0.0136. The number of halogens is 1. The summed E-state index contributed by atoms with van der Waals surface area (Å²) in [6.45, 7) is 2.63. The van der Waals surface area contributed by atoms with Gasteiger partial charge in [0.25, 0.3) is 0 Å². The second-order valence-corrected chi connectivity index (χ2v) is 5.53. The molecule has 104 valence electrons. The Balaban J connectivity index is 1.93. The second-order valence-electron chi connectivity index (χ2n) is 4.68. The Labute approximate surface area is 120 Å². The van der Waals surface area contributed by atoms with Crippen LogP contribution in [0.2, 0.25) is 0 Å². The molecule has 1 aliphatic heterocycles. The minimum absolute atomic E-state index is 0.0136. The number of benzene rings is 1. The third-order valence-corrected chi connectivity index (χ3v) is 4.00. The lowest BCUT2D eigenvalue weighted by atomic mass is 9.95. The highest BCUT2D eigenvalue weighted by atomic mass is 79.9. The molecule has 19 heavy (non-hydrogen) atoms. The molecular formula is C13H17BrN2O3. The fraction of sp³-hybridized carbons (Fsp3) is 0.538. The van der Waals surface area contributed by atoms with Crippen molar-refractivity contribution in [1.29, 1.82) is 0 Å². The van der Waals surface area contributed by atoms with Crippen LogP contribution in [0.15, 0.2) is 22.7 Å². The van der Waals surface area contributed by atoms with Gasteiger partial charge in [-0.1, -0.05) is 6.07 Å². The van der Waals surface area contributed by atoms with Crippen LogP contribution in [0.3, 0.4) is 0 Å². The number of rotatable bonds is 5. The maximum Gasteiger partial charge on any atom is 0.312 e. The second kappa shape index (κ2) is 6.86. The van der Waals surface area contributed by atoms with Crippen LogP contribution >= 0.6 is 15.9 Å². The van der Waals surface area contributed by atoms with Crippen LogP contribution < -0.4 is 10.1 Å². The molecule has 0 saturated carbocycles. The largest absolute Gasteiger partial charge is 0.486 e. The fourth-order valence-electron chi connectivity index (χ4n) is 2.28. The summed E-state index contributed by atoms with van der Waals surface area (Å²) in [4.78, 5) is 10.5. The minimum Gasteiger partial charge on any atom is -0.486 e. The highest BCUT2D eigenvalue weighted by molar-refractivity contribution is 9.10. The van der Waals surface area contributed by atoms with Crippen LogP contribution in [0, 0.1) is 16.0 Å². The highest BCUT2D eigenvalue weighted by Gasteiger charge is 2.19. The summed E-state index contributed by atoms with van der Waals surface area (Å²) >= 11 is 3.30. The van der Waals surface area contributed by atoms with Gasteiger partial charge in [0.1, 0.15) is 0 Å². The molecule has 0 radical (unpaired) electrons. The Kier molecular flexibility index (Phi) is 5.15. The van der Waals surface area contributed by atoms with Crippen molar-refractivity contribution in [3.05, 3.63) is 32.8 Å². The molecule has 0 bridgehead atoms. The molecule has 1 aromatic carbocycles. The van der Waals surface area contributed by atoms with Gasteiger partial charge in [-0.15, -0.1) is 0 Å². The summed E-state index contributed by atoms with van der Waals surface area (Å²) in [7, 11) is 0. The van der Waals surface area contributed by atoms with Gasteiger partial charge in [-0.05, 0) is 60.3 Å². The number of para-hydroxylation sites is 1. The zero-order chi connectivity index (χ0) is 13.7. The Morgan fingerprint density at radius 2 is 2.16 bits per heavy atom. The molecule has 1 fully saturated rings. The number of nitrogens with zero attached hydrogens (tertiary/aromatic N) is 1. The number of hydrogen-bond acceptors (Lipinski definition) is 4. The van der Waals surface area contributed by atoms with Gasteiger partial charge in [-0.3, -0.25) is 10.1 Å². The van der Waals surface area contributed by atoms with Gasteiger partial charge in [0.2, 0.25) is 5.75 Å². The summed E-state index contributed by atoms with van der Waals surface area (Å²) in [5, 5.41) is 14.3. The number of nitro groups is 1. The molecule has 0 aromatic heterocycles. The predicted octanol–water partition coefficient (Wildman–Crippen LogP) is 3.13. The number of hydrogen-bond donors (Lipinski definition) is 1. The third kappa shape index (κ3) is 3.91. The fourth-order valence-corrected chi connectivity index (χ4v) is 2.75. The van der Waals surface area contributed by atoms with Crippen molar-refractivity contribution in [2.24, 2.45) is 5.92 Å². The molecule has 1 aliphatic rings. The van der Waals surface area contributed by atoms with E-state index in [2.05, 4.69) is 21.2 Å². The van der Waals surface area contributed by atoms with Gasteiger partial charge in [-0.25, -0.2) is 0 Å². The summed E-state index contributed by atoms with van der Waals surface area (Å²) in [5.74, 6) is 0.990. The molecule has 1 N–H and O–H groups in total. The SMILES string of the molecule is O=[N+]([O-])c1cccc(Br)c1OCCC1CCNCC1. The lowest BCUT2D eigenvalue weighted by molar-refractivity contribution is -0.386. The Morgan fingerprint density at radius 3 is 2.84 bits per heavy atom. The van der Waals surface area contributed by atoms with Crippen molar-refractivity contribution in [3.63, 3.8) is 0 Å². The van der Waals surface area contributed by atoms with Crippen LogP contribution in [-0.2, 0) is 0 Å². The van der Waals surface area contributed by atoms with Gasteiger partial charge >= 0.3 is 5.69 Å². The lowest BCUT2D eigenvalue weighted by Gasteiger charge is -2.22. The van der Waals surface area contributed by atoms with E-state index in [0.717, 1.165) is 32.4 Å². The van der Waals surface area contributed by atoms with Gasteiger partial charge in [0.15, 0.2) is 0 Å². The zero-order valence-electron chi connectivity index (χ0n) is 10.6. The first kappa shape index (κ1) is 14.3. The average molecular weight is 329 g/mol. The van der Waals surface area contributed by atoms with Crippen molar-refractivity contribution < 1.29 is 9.66 Å². The molecule has 0 amide bonds. The molecule has 5 nitrogen and oxygen atoms in total. The van der Waals surface area contributed by atoms with Gasteiger partial charge in [0, 0.05) is 6.07 Å². The molecule has 0 aliphatic carbocycles. The third-order valence-electron chi connectivity index (χ3n) is 3.37. The van der Waals surface area contributed by atoms with Gasteiger partial charge in [0.05, 0.1) is 16.0 Å². The van der Waals surface area contributed by atoms with E-state index in [0.29, 0.717) is 22.7 Å². The van der Waals surface area contributed by atoms with Crippen molar-refractivity contribution in [1.82, 2.24) is 5.32 Å². The predicted molar refractivity (Wildman–Crippen MR) is 76.5 cm³/mol. The van der Waals surface area contributed by atoms with E-state index in [-0.39, 0.29) is 5.69 Å². The molecule has 0 spiro atoms. The smallest absolute Gasteiger partial charge is 0.312 e. The maximum atomic E-state index is 10.9. The summed E-state index contributed by atoms with van der Waals surface area (Å²) in [6, 6.07) is 4.86.